The lowest BCUT2D eigenvalue weighted by Gasteiger charge is -2.19. The molecule has 7 nitrogen and oxygen atoms in total. The molecule has 0 unspecified atom stereocenters. The van der Waals surface area contributed by atoms with Gasteiger partial charge in [-0.3, -0.25) is 0 Å². The highest BCUT2D eigenvalue weighted by molar-refractivity contribution is 9.11. The summed E-state index contributed by atoms with van der Waals surface area (Å²) in [5.41, 5.74) is 13.9. The number of nitrogens with one attached hydrogen (secondary N) is 2. The lowest BCUT2D eigenvalue weighted by Crippen LogP contribution is -2.39. The largest absolute Gasteiger partial charge is 0.397 e. The minimum absolute atomic E-state index is 0.340. The minimum Gasteiger partial charge on any atom is -0.397 e. The fraction of sp³-hybridized carbons (Fsp3) is 0.235. The zero-order valence-electron chi connectivity index (χ0n) is 14.3. The van der Waals surface area contributed by atoms with Crippen LogP contribution in [-0.2, 0) is 0 Å². The summed E-state index contributed by atoms with van der Waals surface area (Å²) >= 11 is 6.90. The number of nitrogen functional groups attached to an aromatic ring is 1. The van der Waals surface area contributed by atoms with Gasteiger partial charge in [0.15, 0.2) is 0 Å². The van der Waals surface area contributed by atoms with Gasteiger partial charge in [0, 0.05) is 32.1 Å². The molecule has 3 rings (SSSR count). The molecule has 0 atom stereocenters. The second-order valence-corrected chi connectivity index (χ2v) is 8.34. The zero-order valence-corrected chi connectivity index (χ0v) is 17.5. The molecule has 0 spiro atoms. The fourth-order valence-electron chi connectivity index (χ4n) is 2.27. The van der Waals surface area contributed by atoms with Crippen LogP contribution in [0.2, 0.25) is 0 Å². The molecular weight excluding hydrogens is 462 g/mol. The van der Waals surface area contributed by atoms with Crippen LogP contribution in [0.15, 0.2) is 39.7 Å². The SMILES string of the molecule is CC(C)(N)CNc1cc2c(Nc3cc(Br)c(N)c(Br)c3)ncnc2cn1. The average molecular weight is 481 g/mol. The first kappa shape index (κ1) is 18.8. The van der Waals surface area contributed by atoms with Gasteiger partial charge in [-0.2, -0.15) is 0 Å². The van der Waals surface area contributed by atoms with Gasteiger partial charge in [-0.15, -0.1) is 0 Å². The Morgan fingerprint density at radius 2 is 1.77 bits per heavy atom. The van der Waals surface area contributed by atoms with Gasteiger partial charge < -0.3 is 22.1 Å². The Morgan fingerprint density at radius 3 is 2.42 bits per heavy atom. The number of pyridine rings is 1. The van der Waals surface area contributed by atoms with Crippen LogP contribution in [0.5, 0.6) is 0 Å². The van der Waals surface area contributed by atoms with E-state index in [1.54, 1.807) is 6.20 Å². The van der Waals surface area contributed by atoms with Crippen molar-refractivity contribution >= 4 is 65.8 Å². The molecule has 0 bridgehead atoms. The molecule has 2 heterocycles. The third kappa shape index (κ3) is 4.40. The van der Waals surface area contributed by atoms with Gasteiger partial charge in [0.2, 0.25) is 0 Å². The highest BCUT2D eigenvalue weighted by Gasteiger charge is 2.12. The number of nitrogens with zero attached hydrogens (tertiary/aromatic N) is 3. The van der Waals surface area contributed by atoms with Crippen LogP contribution in [0.3, 0.4) is 0 Å². The second-order valence-electron chi connectivity index (χ2n) is 6.63. The number of fused-ring (bicyclic) bond motifs is 1. The molecule has 2 aromatic heterocycles. The molecule has 1 aromatic carbocycles. The molecule has 0 saturated carbocycles. The Bertz CT molecular complexity index is 930. The van der Waals surface area contributed by atoms with E-state index < -0.39 is 0 Å². The maximum atomic E-state index is 6.02. The van der Waals surface area contributed by atoms with E-state index in [0.29, 0.717) is 23.9 Å². The van der Waals surface area contributed by atoms with Crippen LogP contribution in [-0.4, -0.2) is 27.0 Å². The highest BCUT2D eigenvalue weighted by Crippen LogP contribution is 2.33. The van der Waals surface area contributed by atoms with Crippen molar-refractivity contribution in [2.45, 2.75) is 19.4 Å². The lowest BCUT2D eigenvalue weighted by atomic mass is 10.1. The maximum Gasteiger partial charge on any atom is 0.141 e. The number of halogens is 2. The van der Waals surface area contributed by atoms with E-state index in [4.69, 9.17) is 11.5 Å². The molecule has 0 aliphatic carbocycles. The van der Waals surface area contributed by atoms with E-state index in [9.17, 15) is 0 Å². The molecule has 0 radical (unpaired) electrons. The molecule has 9 heteroatoms. The summed E-state index contributed by atoms with van der Waals surface area (Å²) in [6, 6.07) is 5.70. The van der Waals surface area contributed by atoms with Gasteiger partial charge in [-0.05, 0) is 63.9 Å². The summed E-state index contributed by atoms with van der Waals surface area (Å²) in [5, 5.41) is 7.40. The molecule has 0 aliphatic rings. The minimum atomic E-state index is -0.340. The second kappa shape index (κ2) is 7.34. The van der Waals surface area contributed by atoms with Crippen LogP contribution in [0, 0.1) is 0 Å². The van der Waals surface area contributed by atoms with E-state index in [2.05, 4.69) is 57.4 Å². The predicted octanol–water partition coefficient (Wildman–Crippen LogP) is 4.02. The quantitative estimate of drug-likeness (QED) is 0.407. The molecule has 0 saturated heterocycles. The third-order valence-corrected chi connectivity index (χ3v) is 4.90. The van der Waals surface area contributed by atoms with Crippen molar-refractivity contribution in [2.75, 3.05) is 22.9 Å². The van der Waals surface area contributed by atoms with Crippen LogP contribution < -0.4 is 22.1 Å². The van der Waals surface area contributed by atoms with Crippen molar-refractivity contribution in [3.8, 4) is 0 Å². The summed E-state index contributed by atoms with van der Waals surface area (Å²) in [7, 11) is 0. The van der Waals surface area contributed by atoms with Crippen LogP contribution in [0.1, 0.15) is 13.8 Å². The number of hydrogen-bond acceptors (Lipinski definition) is 7. The predicted molar refractivity (Wildman–Crippen MR) is 114 cm³/mol. The Morgan fingerprint density at radius 1 is 1.08 bits per heavy atom. The zero-order chi connectivity index (χ0) is 18.9. The first-order valence-electron chi connectivity index (χ1n) is 7.88. The number of benzene rings is 1. The Hall–Kier alpha value is -1.97. The Balaban J connectivity index is 1.95. The third-order valence-electron chi connectivity index (χ3n) is 3.59. The van der Waals surface area contributed by atoms with E-state index >= 15 is 0 Å². The van der Waals surface area contributed by atoms with Gasteiger partial charge in [0.05, 0.1) is 17.4 Å². The monoisotopic (exact) mass is 479 g/mol. The first-order chi connectivity index (χ1) is 12.2. The average Bonchev–Trinajstić information content (AvgIpc) is 2.57. The van der Waals surface area contributed by atoms with Crippen molar-refractivity contribution in [3.63, 3.8) is 0 Å². The van der Waals surface area contributed by atoms with Crippen molar-refractivity contribution in [1.82, 2.24) is 15.0 Å². The molecule has 6 N–H and O–H groups in total. The molecule has 0 aliphatic heterocycles. The van der Waals surface area contributed by atoms with Crippen LogP contribution >= 0.6 is 31.9 Å². The number of anilines is 4. The molecular formula is C17H19Br2N7. The van der Waals surface area contributed by atoms with Crippen molar-refractivity contribution in [1.29, 1.82) is 0 Å². The maximum absolute atomic E-state index is 6.02. The lowest BCUT2D eigenvalue weighted by molar-refractivity contribution is 0.548. The van der Waals surface area contributed by atoms with E-state index in [0.717, 1.165) is 25.5 Å². The summed E-state index contributed by atoms with van der Waals surface area (Å²) in [6.07, 6.45) is 3.21. The van der Waals surface area contributed by atoms with Gasteiger partial charge in [-0.25, -0.2) is 15.0 Å². The highest BCUT2D eigenvalue weighted by atomic mass is 79.9. The number of aromatic nitrogens is 3. The molecule has 0 fully saturated rings. The van der Waals surface area contributed by atoms with Gasteiger partial charge in [0.1, 0.15) is 18.0 Å². The Kier molecular flexibility index (Phi) is 5.31. The summed E-state index contributed by atoms with van der Waals surface area (Å²) in [6.45, 7) is 4.50. The van der Waals surface area contributed by atoms with Gasteiger partial charge in [0.25, 0.3) is 0 Å². The smallest absolute Gasteiger partial charge is 0.141 e. The van der Waals surface area contributed by atoms with Crippen molar-refractivity contribution < 1.29 is 0 Å². The number of rotatable bonds is 5. The van der Waals surface area contributed by atoms with Crippen molar-refractivity contribution in [2.24, 2.45) is 5.73 Å². The standard InChI is InChI=1S/C17H19Br2N7/c1-17(2,21)7-23-14-5-10-13(6-22-14)24-8-25-16(10)26-9-3-11(18)15(20)12(19)4-9/h3-6,8H,7,20-21H2,1-2H3,(H,22,23)(H,24,25,26). The number of nitrogens with two attached hydrogens (primary N) is 2. The summed E-state index contributed by atoms with van der Waals surface area (Å²) in [5.74, 6) is 1.39. The number of hydrogen-bond donors (Lipinski definition) is 4. The molecule has 26 heavy (non-hydrogen) atoms. The molecule has 3 aromatic rings. The van der Waals surface area contributed by atoms with E-state index in [1.807, 2.05) is 32.0 Å². The Labute approximate surface area is 168 Å². The molecule has 0 amide bonds. The summed E-state index contributed by atoms with van der Waals surface area (Å²) < 4.78 is 1.59. The van der Waals surface area contributed by atoms with E-state index in [1.165, 1.54) is 6.33 Å². The normalized spacial score (nSPS) is 11.6. The van der Waals surface area contributed by atoms with Crippen LogP contribution in [0.25, 0.3) is 10.9 Å². The summed E-state index contributed by atoms with van der Waals surface area (Å²) in [4.78, 5) is 13.0. The van der Waals surface area contributed by atoms with Gasteiger partial charge >= 0.3 is 0 Å². The van der Waals surface area contributed by atoms with E-state index in [-0.39, 0.29) is 5.54 Å². The van der Waals surface area contributed by atoms with Gasteiger partial charge in [-0.1, -0.05) is 0 Å². The first-order valence-corrected chi connectivity index (χ1v) is 9.46. The molecule has 136 valence electrons. The van der Waals surface area contributed by atoms with Crippen molar-refractivity contribution in [3.05, 3.63) is 39.7 Å². The van der Waals surface area contributed by atoms with Crippen LogP contribution in [0.4, 0.5) is 23.0 Å². The fourth-order valence-corrected chi connectivity index (χ4v) is 3.45. The topological polar surface area (TPSA) is 115 Å².